The van der Waals surface area contributed by atoms with E-state index in [0.29, 0.717) is 30.9 Å². The van der Waals surface area contributed by atoms with Crippen molar-refractivity contribution in [3.05, 3.63) is 84.5 Å². The van der Waals surface area contributed by atoms with Gasteiger partial charge in [0.2, 0.25) is 11.8 Å². The maximum absolute atomic E-state index is 14.4. The number of ether oxygens (including phenoxy) is 2. The Balaban J connectivity index is 1.43. The van der Waals surface area contributed by atoms with Gasteiger partial charge in [-0.3, -0.25) is 14.4 Å². The molecule has 0 saturated carbocycles. The Labute approximate surface area is 239 Å². The number of amides is 3. The van der Waals surface area contributed by atoms with Gasteiger partial charge in [0.1, 0.15) is 17.4 Å². The number of anilines is 1. The first-order chi connectivity index (χ1) is 19.9. The number of β-amino-alcohol motifs (C(OH)–C–C–N with tert-alkyl or cyclic N) is 1. The van der Waals surface area contributed by atoms with Crippen LogP contribution >= 0.6 is 0 Å². The van der Waals surface area contributed by atoms with Crippen LogP contribution in [-0.2, 0) is 25.7 Å². The Hall–Kier alpha value is -3.95. The van der Waals surface area contributed by atoms with E-state index in [1.165, 1.54) is 4.90 Å². The Morgan fingerprint density at radius 2 is 1.66 bits per heavy atom. The monoisotopic (exact) mass is 557 g/mol. The maximum Gasteiger partial charge on any atom is 0.253 e. The fraction of sp³-hybridized carbons (Fsp3) is 0.406. The van der Waals surface area contributed by atoms with Crippen LogP contribution in [0.5, 0.6) is 5.75 Å². The van der Waals surface area contributed by atoms with Gasteiger partial charge in [0.05, 0.1) is 31.2 Å². The summed E-state index contributed by atoms with van der Waals surface area (Å²) in [4.78, 5) is 47.9. The summed E-state index contributed by atoms with van der Waals surface area (Å²) in [6.45, 7) is 2.67. The number of benzene rings is 2. The molecule has 5 atom stereocenters. The molecule has 1 unspecified atom stereocenters. The van der Waals surface area contributed by atoms with E-state index in [0.717, 1.165) is 5.56 Å². The summed E-state index contributed by atoms with van der Waals surface area (Å²) in [5, 5.41) is 9.95. The van der Waals surface area contributed by atoms with Crippen molar-refractivity contribution >= 4 is 23.4 Å². The summed E-state index contributed by atoms with van der Waals surface area (Å²) in [7, 11) is 1.58. The van der Waals surface area contributed by atoms with Crippen LogP contribution in [0.2, 0.25) is 0 Å². The van der Waals surface area contributed by atoms with E-state index in [2.05, 4.69) is 0 Å². The van der Waals surface area contributed by atoms with Crippen LogP contribution in [0.1, 0.15) is 18.9 Å². The number of carbonyl (C=O) groups is 3. The van der Waals surface area contributed by atoms with Crippen LogP contribution < -0.4 is 9.64 Å². The topological polar surface area (TPSA) is 99.6 Å². The smallest absolute Gasteiger partial charge is 0.253 e. The van der Waals surface area contributed by atoms with Crippen molar-refractivity contribution in [3.63, 3.8) is 0 Å². The number of aliphatic hydroxyl groups is 1. The average molecular weight is 558 g/mol. The van der Waals surface area contributed by atoms with Crippen molar-refractivity contribution < 1.29 is 29.0 Å². The highest BCUT2D eigenvalue weighted by Gasteiger charge is 2.75. The molecule has 1 spiro atoms. The van der Waals surface area contributed by atoms with Crippen LogP contribution in [-0.4, -0.2) is 83.2 Å². The Kier molecular flexibility index (Phi) is 6.95. The first-order valence-corrected chi connectivity index (χ1v) is 14.1. The first kappa shape index (κ1) is 27.2. The first-order valence-electron chi connectivity index (χ1n) is 14.1. The number of hydrogen-bond acceptors (Lipinski definition) is 6. The molecular weight excluding hydrogens is 522 g/mol. The molecule has 0 aromatic heterocycles. The van der Waals surface area contributed by atoms with Crippen LogP contribution in [0.4, 0.5) is 5.69 Å². The molecule has 2 saturated heterocycles. The minimum atomic E-state index is -1.36. The van der Waals surface area contributed by atoms with Crippen LogP contribution in [0.25, 0.3) is 0 Å². The molecule has 1 N–H and O–H groups in total. The zero-order valence-electron chi connectivity index (χ0n) is 23.3. The number of nitrogens with zero attached hydrogens (tertiary/aromatic N) is 3. The summed E-state index contributed by atoms with van der Waals surface area (Å²) >= 11 is 0. The van der Waals surface area contributed by atoms with Crippen molar-refractivity contribution in [2.45, 2.75) is 37.1 Å². The number of carbonyl (C=O) groups excluding carboxylic acids is 3. The zero-order chi connectivity index (χ0) is 28.8. The average Bonchev–Trinajstić information content (AvgIpc) is 3.28. The summed E-state index contributed by atoms with van der Waals surface area (Å²) in [5.74, 6) is -1.90. The molecule has 41 heavy (non-hydrogen) atoms. The van der Waals surface area contributed by atoms with E-state index in [-0.39, 0.29) is 37.4 Å². The largest absolute Gasteiger partial charge is 0.497 e. The second kappa shape index (κ2) is 10.5. The highest BCUT2D eigenvalue weighted by Crippen LogP contribution is 2.58. The highest BCUT2D eigenvalue weighted by atomic mass is 16.5. The minimum absolute atomic E-state index is 0.0370. The van der Waals surface area contributed by atoms with Crippen LogP contribution in [0.15, 0.2) is 78.9 Å². The van der Waals surface area contributed by atoms with Gasteiger partial charge in [-0.25, -0.2) is 0 Å². The summed E-state index contributed by atoms with van der Waals surface area (Å²) in [5.41, 5.74) is -0.767. The summed E-state index contributed by atoms with van der Waals surface area (Å²) in [6.07, 6.45) is 8.02. The molecule has 3 amide bonds. The van der Waals surface area contributed by atoms with Crippen molar-refractivity contribution in [1.82, 2.24) is 9.80 Å². The highest BCUT2D eigenvalue weighted by molar-refractivity contribution is 6.06. The SMILES string of the molecule is CC[C@@]12C=CCN(Cc3ccccc3)C(=O)[C@@H]1[C@H]1C(=O)N(CCO)C3C(=O)N(c4ccc(OC)cc4)CC=C[C@@]31O2. The van der Waals surface area contributed by atoms with E-state index in [9.17, 15) is 19.5 Å². The van der Waals surface area contributed by atoms with E-state index in [1.54, 1.807) is 41.2 Å². The van der Waals surface area contributed by atoms with Gasteiger partial charge < -0.3 is 29.3 Å². The van der Waals surface area contributed by atoms with E-state index < -0.39 is 29.1 Å². The van der Waals surface area contributed by atoms with Gasteiger partial charge in [-0.2, -0.15) is 0 Å². The van der Waals surface area contributed by atoms with E-state index in [1.807, 2.05) is 61.6 Å². The minimum Gasteiger partial charge on any atom is -0.497 e. The summed E-state index contributed by atoms with van der Waals surface area (Å²) < 4.78 is 12.2. The molecule has 4 heterocycles. The van der Waals surface area contributed by atoms with E-state index in [4.69, 9.17) is 9.47 Å². The van der Waals surface area contributed by atoms with Gasteiger partial charge in [-0.1, -0.05) is 61.6 Å². The number of likely N-dealkylation sites (tertiary alicyclic amines) is 1. The number of methoxy groups -OCH3 is 1. The van der Waals surface area contributed by atoms with Gasteiger partial charge in [0, 0.05) is 31.9 Å². The summed E-state index contributed by atoms with van der Waals surface area (Å²) in [6, 6.07) is 15.9. The van der Waals surface area contributed by atoms with E-state index >= 15 is 0 Å². The third-order valence-corrected chi connectivity index (χ3v) is 8.96. The quantitative estimate of drug-likeness (QED) is 0.526. The second-order valence-corrected chi connectivity index (χ2v) is 11.0. The van der Waals surface area contributed by atoms with Gasteiger partial charge in [0.15, 0.2) is 0 Å². The molecule has 0 bridgehead atoms. The van der Waals surface area contributed by atoms with Gasteiger partial charge >= 0.3 is 0 Å². The standard InChI is InChI=1S/C32H35N3O6/c1-3-31-15-7-17-33(21-22-9-5-4-6-10-22)28(37)25(31)26-29(38)35(19-20-36)27-30(39)34(18-8-16-32(26,27)41-31)23-11-13-24(40-2)14-12-23/h4-16,25-27,36H,3,17-21H2,1-2H3/t25-,26-,27?,31+,32-/m0/s1. The predicted octanol–water partition coefficient (Wildman–Crippen LogP) is 2.55. The predicted molar refractivity (Wildman–Crippen MR) is 152 cm³/mol. The molecule has 2 aromatic carbocycles. The molecule has 214 valence electrons. The Morgan fingerprint density at radius 3 is 2.34 bits per heavy atom. The molecule has 0 radical (unpaired) electrons. The number of rotatable bonds is 7. The molecule has 4 aliphatic heterocycles. The van der Waals surface area contributed by atoms with Gasteiger partial charge in [0.25, 0.3) is 5.91 Å². The third kappa shape index (κ3) is 4.18. The molecule has 2 aromatic rings. The fourth-order valence-electron chi connectivity index (χ4n) is 7.10. The van der Waals surface area contributed by atoms with Gasteiger partial charge in [-0.15, -0.1) is 0 Å². The van der Waals surface area contributed by atoms with Gasteiger partial charge in [-0.05, 0) is 36.2 Å². The number of hydrogen-bond donors (Lipinski definition) is 1. The normalized spacial score (nSPS) is 30.7. The number of fused-ring (bicyclic) bond motifs is 2. The lowest BCUT2D eigenvalue weighted by Gasteiger charge is -2.38. The van der Waals surface area contributed by atoms with Crippen molar-refractivity contribution in [3.8, 4) is 5.75 Å². The zero-order valence-corrected chi connectivity index (χ0v) is 23.3. The molecule has 4 aliphatic rings. The Morgan fingerprint density at radius 1 is 0.927 bits per heavy atom. The van der Waals surface area contributed by atoms with Crippen molar-refractivity contribution in [1.29, 1.82) is 0 Å². The molecular formula is C32H35N3O6. The lowest BCUT2D eigenvalue weighted by Crippen LogP contribution is -2.56. The lowest BCUT2D eigenvalue weighted by atomic mass is 9.73. The third-order valence-electron chi connectivity index (χ3n) is 8.96. The molecule has 0 aliphatic carbocycles. The lowest BCUT2D eigenvalue weighted by molar-refractivity contribution is -0.150. The molecule has 9 heteroatoms. The fourth-order valence-corrected chi connectivity index (χ4v) is 7.10. The molecule has 9 nitrogen and oxygen atoms in total. The molecule has 2 fully saturated rings. The number of aliphatic hydroxyl groups excluding tert-OH is 1. The van der Waals surface area contributed by atoms with Crippen LogP contribution in [0, 0.1) is 11.8 Å². The van der Waals surface area contributed by atoms with Crippen molar-refractivity contribution in [2.24, 2.45) is 11.8 Å². The Bertz CT molecular complexity index is 1390. The van der Waals surface area contributed by atoms with Crippen molar-refractivity contribution in [2.75, 3.05) is 38.3 Å². The maximum atomic E-state index is 14.4. The van der Waals surface area contributed by atoms with Crippen LogP contribution in [0.3, 0.4) is 0 Å². The molecule has 6 rings (SSSR count). The second-order valence-electron chi connectivity index (χ2n) is 11.0.